The maximum absolute atomic E-state index is 9.33. The van der Waals surface area contributed by atoms with Crippen LogP contribution in [0.4, 0.5) is 0 Å². The average Bonchev–Trinajstić information content (AvgIpc) is 2.43. The van der Waals surface area contributed by atoms with Crippen molar-refractivity contribution in [2.45, 2.75) is 102 Å². The molecule has 0 aromatic heterocycles. The maximum atomic E-state index is 9.33. The zero-order valence-corrected chi connectivity index (χ0v) is 15.3. The summed E-state index contributed by atoms with van der Waals surface area (Å²) in [7, 11) is 0. The highest BCUT2D eigenvalue weighted by molar-refractivity contribution is 8.93. The van der Waals surface area contributed by atoms with Crippen LogP contribution in [0, 0.1) is 0 Å². The smallest absolute Gasteiger partial charge is 0.179 e. The van der Waals surface area contributed by atoms with E-state index in [1.165, 1.54) is 57.8 Å². The highest BCUT2D eigenvalue weighted by atomic mass is 79.9. The number of hydrogen-bond acceptors (Lipinski definition) is 4. The van der Waals surface area contributed by atoms with Crippen LogP contribution in [0.1, 0.15) is 84.0 Å². The van der Waals surface area contributed by atoms with Gasteiger partial charge in [-0.05, 0) is 6.42 Å². The van der Waals surface area contributed by atoms with Crippen LogP contribution in [-0.4, -0.2) is 33.8 Å². The molecule has 0 spiro atoms. The SMILES string of the molecule is Br.CCCCCCCCCCCCCC(N)C(O)C(O)O. The molecular formula is C16H36BrNO3. The van der Waals surface area contributed by atoms with Gasteiger partial charge in [0.1, 0.15) is 6.10 Å². The molecular weight excluding hydrogens is 334 g/mol. The summed E-state index contributed by atoms with van der Waals surface area (Å²) >= 11 is 0. The van der Waals surface area contributed by atoms with Gasteiger partial charge in [-0.1, -0.05) is 77.6 Å². The lowest BCUT2D eigenvalue weighted by atomic mass is 10.0. The molecule has 21 heavy (non-hydrogen) atoms. The fourth-order valence-corrected chi connectivity index (χ4v) is 2.44. The van der Waals surface area contributed by atoms with E-state index in [4.69, 9.17) is 15.9 Å². The molecule has 0 heterocycles. The first-order chi connectivity index (χ1) is 9.59. The summed E-state index contributed by atoms with van der Waals surface area (Å²) < 4.78 is 0. The second-order valence-electron chi connectivity index (χ2n) is 5.89. The normalized spacial score (nSPS) is 14.0. The lowest BCUT2D eigenvalue weighted by Gasteiger charge is -2.19. The number of hydrogen-bond donors (Lipinski definition) is 4. The fourth-order valence-electron chi connectivity index (χ4n) is 2.44. The Kier molecular flexibility index (Phi) is 18.7. The van der Waals surface area contributed by atoms with Gasteiger partial charge >= 0.3 is 0 Å². The Morgan fingerprint density at radius 2 is 1.10 bits per heavy atom. The van der Waals surface area contributed by atoms with Gasteiger partial charge in [0.25, 0.3) is 0 Å². The Morgan fingerprint density at radius 3 is 1.48 bits per heavy atom. The van der Waals surface area contributed by atoms with Crippen molar-refractivity contribution in [3.63, 3.8) is 0 Å². The van der Waals surface area contributed by atoms with Crippen LogP contribution in [0.3, 0.4) is 0 Å². The van der Waals surface area contributed by atoms with Crippen LogP contribution in [0.25, 0.3) is 0 Å². The van der Waals surface area contributed by atoms with E-state index in [-0.39, 0.29) is 17.0 Å². The molecule has 0 amide bonds. The van der Waals surface area contributed by atoms with E-state index in [9.17, 15) is 5.11 Å². The highest BCUT2D eigenvalue weighted by Crippen LogP contribution is 2.13. The molecule has 0 saturated heterocycles. The molecule has 0 fully saturated rings. The van der Waals surface area contributed by atoms with Crippen molar-refractivity contribution in [2.75, 3.05) is 0 Å². The molecule has 0 radical (unpaired) electrons. The summed E-state index contributed by atoms with van der Waals surface area (Å²) in [6.07, 6.45) is 11.7. The predicted octanol–water partition coefficient (Wildman–Crippen LogP) is 3.26. The standard InChI is InChI=1S/C16H35NO3.BrH/c1-2-3-4-5-6-7-8-9-10-11-12-13-14(17)15(18)16(19)20;/h14-16,18-20H,2-13,17H2,1H3;1H. The second kappa shape index (κ2) is 16.7. The lowest BCUT2D eigenvalue weighted by Crippen LogP contribution is -2.42. The Morgan fingerprint density at radius 1 is 0.714 bits per heavy atom. The van der Waals surface area contributed by atoms with Crippen molar-refractivity contribution >= 4 is 17.0 Å². The first-order valence-electron chi connectivity index (χ1n) is 8.39. The first kappa shape index (κ1) is 23.6. The van der Waals surface area contributed by atoms with Gasteiger partial charge in [-0.15, -0.1) is 17.0 Å². The first-order valence-corrected chi connectivity index (χ1v) is 8.39. The van der Waals surface area contributed by atoms with E-state index in [1.807, 2.05) is 0 Å². The summed E-state index contributed by atoms with van der Waals surface area (Å²) in [5, 5.41) is 26.9. The number of halogens is 1. The minimum absolute atomic E-state index is 0. The molecule has 4 nitrogen and oxygen atoms in total. The molecule has 0 aliphatic heterocycles. The molecule has 2 unspecified atom stereocenters. The third-order valence-corrected chi connectivity index (χ3v) is 3.89. The van der Waals surface area contributed by atoms with E-state index < -0.39 is 18.4 Å². The second-order valence-corrected chi connectivity index (χ2v) is 5.89. The molecule has 0 aromatic rings. The minimum atomic E-state index is -1.72. The Bertz CT molecular complexity index is 206. The number of rotatable bonds is 14. The maximum Gasteiger partial charge on any atom is 0.179 e. The molecule has 0 saturated carbocycles. The number of aliphatic hydroxyl groups excluding tert-OH is 2. The Hall–Kier alpha value is 0.320. The zero-order valence-electron chi connectivity index (χ0n) is 13.5. The van der Waals surface area contributed by atoms with E-state index in [0.29, 0.717) is 6.42 Å². The van der Waals surface area contributed by atoms with Crippen LogP contribution in [-0.2, 0) is 0 Å². The fraction of sp³-hybridized carbons (Fsp3) is 1.00. The predicted molar refractivity (Wildman–Crippen MR) is 93.6 cm³/mol. The lowest BCUT2D eigenvalue weighted by molar-refractivity contribution is -0.129. The molecule has 2 atom stereocenters. The van der Waals surface area contributed by atoms with Crippen LogP contribution in [0.15, 0.2) is 0 Å². The summed E-state index contributed by atoms with van der Waals surface area (Å²) in [5.41, 5.74) is 5.67. The summed E-state index contributed by atoms with van der Waals surface area (Å²) in [6.45, 7) is 2.24. The van der Waals surface area contributed by atoms with Gasteiger partial charge in [-0.2, -0.15) is 0 Å². The van der Waals surface area contributed by atoms with Gasteiger partial charge in [-0.25, -0.2) is 0 Å². The third-order valence-electron chi connectivity index (χ3n) is 3.89. The monoisotopic (exact) mass is 369 g/mol. The Balaban J connectivity index is 0. The largest absolute Gasteiger partial charge is 0.386 e. The molecule has 0 bridgehead atoms. The number of nitrogens with two attached hydrogens (primary N) is 1. The quantitative estimate of drug-likeness (QED) is 0.279. The molecule has 0 rings (SSSR count). The van der Waals surface area contributed by atoms with E-state index in [1.54, 1.807) is 0 Å². The number of unbranched alkanes of at least 4 members (excludes halogenated alkanes) is 10. The van der Waals surface area contributed by atoms with Crippen LogP contribution >= 0.6 is 17.0 Å². The van der Waals surface area contributed by atoms with E-state index in [0.717, 1.165) is 12.8 Å². The van der Waals surface area contributed by atoms with Crippen LogP contribution < -0.4 is 5.73 Å². The summed E-state index contributed by atoms with van der Waals surface area (Å²) in [5.74, 6) is 0. The van der Waals surface area contributed by atoms with Gasteiger partial charge in [0.05, 0.1) is 0 Å². The van der Waals surface area contributed by atoms with E-state index >= 15 is 0 Å². The van der Waals surface area contributed by atoms with Crippen molar-refractivity contribution in [2.24, 2.45) is 5.73 Å². The van der Waals surface area contributed by atoms with Crippen LogP contribution in [0.2, 0.25) is 0 Å². The van der Waals surface area contributed by atoms with Gasteiger partial charge in [0.2, 0.25) is 0 Å². The molecule has 0 aliphatic rings. The van der Waals surface area contributed by atoms with Gasteiger partial charge in [-0.3, -0.25) is 0 Å². The van der Waals surface area contributed by atoms with Gasteiger partial charge < -0.3 is 21.1 Å². The third kappa shape index (κ3) is 15.0. The van der Waals surface area contributed by atoms with Crippen molar-refractivity contribution in [1.82, 2.24) is 0 Å². The zero-order chi connectivity index (χ0) is 15.2. The van der Waals surface area contributed by atoms with Crippen molar-refractivity contribution in [3.8, 4) is 0 Å². The topological polar surface area (TPSA) is 86.7 Å². The number of aliphatic hydroxyl groups is 3. The van der Waals surface area contributed by atoms with Crippen LogP contribution in [0.5, 0.6) is 0 Å². The van der Waals surface area contributed by atoms with Crippen molar-refractivity contribution in [3.05, 3.63) is 0 Å². The van der Waals surface area contributed by atoms with Crippen molar-refractivity contribution < 1.29 is 15.3 Å². The molecule has 0 aromatic carbocycles. The minimum Gasteiger partial charge on any atom is -0.386 e. The summed E-state index contributed by atoms with van der Waals surface area (Å²) in [4.78, 5) is 0. The molecule has 130 valence electrons. The summed E-state index contributed by atoms with van der Waals surface area (Å²) in [6, 6.07) is -0.534. The van der Waals surface area contributed by atoms with Crippen molar-refractivity contribution in [1.29, 1.82) is 0 Å². The Labute approximate surface area is 140 Å². The average molecular weight is 370 g/mol. The van der Waals surface area contributed by atoms with E-state index in [2.05, 4.69) is 6.92 Å². The highest BCUT2D eigenvalue weighted by Gasteiger charge is 2.20. The molecule has 5 heteroatoms. The molecule has 0 aliphatic carbocycles. The van der Waals surface area contributed by atoms with Gasteiger partial charge in [0, 0.05) is 6.04 Å². The molecule has 5 N–H and O–H groups in total. The van der Waals surface area contributed by atoms with Gasteiger partial charge in [0.15, 0.2) is 6.29 Å².